The van der Waals surface area contributed by atoms with Crippen molar-refractivity contribution >= 4 is 5.69 Å². The Hall–Kier alpha value is -1.05. The number of nitrogens with two attached hydrogens (primary N) is 1. The van der Waals surface area contributed by atoms with Gasteiger partial charge < -0.3 is 5.73 Å². The molecule has 2 N–H and O–H groups in total. The second-order valence-corrected chi connectivity index (χ2v) is 2.71. The van der Waals surface area contributed by atoms with Crippen molar-refractivity contribution in [2.24, 2.45) is 0 Å². The van der Waals surface area contributed by atoms with Crippen LogP contribution < -0.4 is 5.73 Å². The summed E-state index contributed by atoms with van der Waals surface area (Å²) in [7, 11) is 0. The van der Waals surface area contributed by atoms with E-state index in [0.29, 0.717) is 5.92 Å². The molecule has 0 spiro atoms. The highest BCUT2D eigenvalue weighted by atomic mass is 14.7. The Kier molecular flexibility index (Phi) is 1.90. The molecule has 1 aromatic heterocycles. The first-order chi connectivity index (χ1) is 4.70. The van der Waals surface area contributed by atoms with E-state index >= 15 is 0 Å². The number of pyridine rings is 1. The normalized spacial score (nSPS) is 10.3. The molecule has 0 atom stereocenters. The average Bonchev–Trinajstić information content (AvgIpc) is 1.88. The highest BCUT2D eigenvalue weighted by Gasteiger charge is 1.97. The van der Waals surface area contributed by atoms with Gasteiger partial charge in [0.25, 0.3) is 0 Å². The largest absolute Gasteiger partial charge is 0.397 e. The van der Waals surface area contributed by atoms with Gasteiger partial charge in [-0.1, -0.05) is 13.8 Å². The van der Waals surface area contributed by atoms with Crippen molar-refractivity contribution in [3.8, 4) is 0 Å². The second kappa shape index (κ2) is 2.69. The van der Waals surface area contributed by atoms with E-state index < -0.39 is 0 Å². The molecule has 0 aromatic carbocycles. The van der Waals surface area contributed by atoms with Gasteiger partial charge in [-0.25, -0.2) is 0 Å². The predicted molar refractivity (Wildman–Crippen MR) is 42.7 cm³/mol. The summed E-state index contributed by atoms with van der Waals surface area (Å²) >= 11 is 0. The number of hydrogen-bond acceptors (Lipinski definition) is 2. The summed E-state index contributed by atoms with van der Waals surface area (Å²) in [6.45, 7) is 4.24. The molecule has 1 heterocycles. The lowest BCUT2D eigenvalue weighted by molar-refractivity contribution is 0.859. The third kappa shape index (κ3) is 1.47. The summed E-state index contributed by atoms with van der Waals surface area (Å²) < 4.78 is 0. The van der Waals surface area contributed by atoms with Crippen LogP contribution in [0.3, 0.4) is 0 Å². The zero-order valence-corrected chi connectivity index (χ0v) is 6.33. The van der Waals surface area contributed by atoms with Crippen LogP contribution in [0.25, 0.3) is 0 Å². The van der Waals surface area contributed by atoms with Gasteiger partial charge in [-0.3, -0.25) is 4.98 Å². The molecule has 0 aliphatic rings. The molecule has 0 saturated heterocycles. The monoisotopic (exact) mass is 136 g/mol. The van der Waals surface area contributed by atoms with E-state index in [4.69, 9.17) is 5.73 Å². The molecule has 0 radical (unpaired) electrons. The summed E-state index contributed by atoms with van der Waals surface area (Å²) in [5.74, 6) is 0.510. The Morgan fingerprint density at radius 2 is 2.10 bits per heavy atom. The third-order valence-corrected chi connectivity index (χ3v) is 1.45. The van der Waals surface area contributed by atoms with Crippen LogP contribution in [0.2, 0.25) is 0 Å². The van der Waals surface area contributed by atoms with E-state index in [1.807, 2.05) is 12.3 Å². The Balaban J connectivity index is 2.96. The molecule has 0 saturated carbocycles. The summed E-state index contributed by atoms with van der Waals surface area (Å²) in [6.07, 6.45) is 3.51. The molecule has 1 rings (SSSR count). The Bertz CT molecular complexity index is 218. The highest BCUT2D eigenvalue weighted by Crippen LogP contribution is 2.14. The van der Waals surface area contributed by atoms with Gasteiger partial charge in [0.15, 0.2) is 0 Å². The van der Waals surface area contributed by atoms with Crippen LogP contribution in [0, 0.1) is 0 Å². The molecule has 0 bridgehead atoms. The number of hydrogen-bond donors (Lipinski definition) is 1. The molecular weight excluding hydrogens is 124 g/mol. The SMILES string of the molecule is CC(C)c1cncc(N)c1. The van der Waals surface area contributed by atoms with Gasteiger partial charge in [0, 0.05) is 12.4 Å². The fraction of sp³-hybridized carbons (Fsp3) is 0.375. The zero-order valence-electron chi connectivity index (χ0n) is 6.33. The summed E-state index contributed by atoms with van der Waals surface area (Å²) in [5.41, 5.74) is 7.47. The standard InChI is InChI=1S/C8H12N2/c1-6(2)7-3-8(9)5-10-4-7/h3-6H,9H2,1-2H3. The second-order valence-electron chi connectivity index (χ2n) is 2.71. The summed E-state index contributed by atoms with van der Waals surface area (Å²) in [4.78, 5) is 3.98. The first kappa shape index (κ1) is 7.06. The smallest absolute Gasteiger partial charge is 0.0503 e. The summed E-state index contributed by atoms with van der Waals surface area (Å²) in [5, 5.41) is 0. The van der Waals surface area contributed by atoms with Gasteiger partial charge in [0.05, 0.1) is 5.69 Å². The molecule has 0 aliphatic heterocycles. The lowest BCUT2D eigenvalue weighted by atomic mass is 10.1. The third-order valence-electron chi connectivity index (χ3n) is 1.45. The first-order valence-electron chi connectivity index (χ1n) is 3.40. The van der Waals surface area contributed by atoms with Crippen LogP contribution in [0.15, 0.2) is 18.5 Å². The van der Waals surface area contributed by atoms with Crippen LogP contribution in [-0.2, 0) is 0 Å². The fourth-order valence-electron chi connectivity index (χ4n) is 0.792. The van der Waals surface area contributed by atoms with Crippen molar-refractivity contribution in [1.29, 1.82) is 0 Å². The van der Waals surface area contributed by atoms with Gasteiger partial charge in [-0.05, 0) is 17.5 Å². The zero-order chi connectivity index (χ0) is 7.56. The first-order valence-corrected chi connectivity index (χ1v) is 3.40. The minimum atomic E-state index is 0.510. The van der Waals surface area contributed by atoms with Crippen molar-refractivity contribution in [1.82, 2.24) is 4.98 Å². The van der Waals surface area contributed by atoms with Crippen LogP contribution >= 0.6 is 0 Å². The Labute approximate surface area is 61.1 Å². The highest BCUT2D eigenvalue weighted by molar-refractivity contribution is 5.37. The van der Waals surface area contributed by atoms with E-state index in [1.54, 1.807) is 6.20 Å². The lowest BCUT2D eigenvalue weighted by Crippen LogP contribution is -1.92. The molecule has 0 fully saturated rings. The number of nitrogen functional groups attached to an aromatic ring is 1. The van der Waals surface area contributed by atoms with Gasteiger partial charge in [-0.2, -0.15) is 0 Å². The number of rotatable bonds is 1. The Morgan fingerprint density at radius 1 is 1.40 bits per heavy atom. The van der Waals surface area contributed by atoms with Gasteiger partial charge in [0.1, 0.15) is 0 Å². The number of aromatic nitrogens is 1. The van der Waals surface area contributed by atoms with Crippen molar-refractivity contribution in [2.45, 2.75) is 19.8 Å². The predicted octanol–water partition coefficient (Wildman–Crippen LogP) is 1.79. The van der Waals surface area contributed by atoms with Crippen LogP contribution in [0.4, 0.5) is 5.69 Å². The van der Waals surface area contributed by atoms with Gasteiger partial charge in [0.2, 0.25) is 0 Å². The van der Waals surface area contributed by atoms with E-state index in [2.05, 4.69) is 18.8 Å². The molecule has 0 aliphatic carbocycles. The molecular formula is C8H12N2. The topological polar surface area (TPSA) is 38.9 Å². The summed E-state index contributed by atoms with van der Waals surface area (Å²) in [6, 6.07) is 1.96. The minimum Gasteiger partial charge on any atom is -0.397 e. The minimum absolute atomic E-state index is 0.510. The molecule has 2 heteroatoms. The van der Waals surface area contributed by atoms with Crippen LogP contribution in [0.5, 0.6) is 0 Å². The maximum absolute atomic E-state index is 5.53. The fourth-order valence-corrected chi connectivity index (χ4v) is 0.792. The quantitative estimate of drug-likeness (QED) is 0.639. The molecule has 2 nitrogen and oxygen atoms in total. The van der Waals surface area contributed by atoms with E-state index in [0.717, 1.165) is 5.69 Å². The van der Waals surface area contributed by atoms with Crippen molar-refractivity contribution < 1.29 is 0 Å². The molecule has 0 amide bonds. The van der Waals surface area contributed by atoms with Crippen molar-refractivity contribution in [2.75, 3.05) is 5.73 Å². The lowest BCUT2D eigenvalue weighted by Gasteiger charge is -2.03. The average molecular weight is 136 g/mol. The van der Waals surface area contributed by atoms with Gasteiger partial charge >= 0.3 is 0 Å². The number of anilines is 1. The molecule has 54 valence electrons. The van der Waals surface area contributed by atoms with Crippen LogP contribution in [-0.4, -0.2) is 4.98 Å². The molecule has 0 unspecified atom stereocenters. The van der Waals surface area contributed by atoms with Crippen molar-refractivity contribution in [3.05, 3.63) is 24.0 Å². The maximum Gasteiger partial charge on any atom is 0.0503 e. The Morgan fingerprint density at radius 3 is 2.50 bits per heavy atom. The van der Waals surface area contributed by atoms with Crippen LogP contribution in [0.1, 0.15) is 25.3 Å². The number of nitrogens with zero attached hydrogens (tertiary/aromatic N) is 1. The molecule has 1 aromatic rings. The van der Waals surface area contributed by atoms with E-state index in [1.165, 1.54) is 5.56 Å². The maximum atomic E-state index is 5.53. The van der Waals surface area contributed by atoms with Gasteiger partial charge in [-0.15, -0.1) is 0 Å². The van der Waals surface area contributed by atoms with E-state index in [9.17, 15) is 0 Å². The van der Waals surface area contributed by atoms with E-state index in [-0.39, 0.29) is 0 Å². The van der Waals surface area contributed by atoms with Crippen molar-refractivity contribution in [3.63, 3.8) is 0 Å². The molecule has 10 heavy (non-hydrogen) atoms.